The van der Waals surface area contributed by atoms with Gasteiger partial charge in [-0.3, -0.25) is 24.3 Å². The first kappa shape index (κ1) is 16.3. The van der Waals surface area contributed by atoms with Crippen molar-refractivity contribution in [1.29, 1.82) is 0 Å². The molecule has 0 radical (unpaired) electrons. The van der Waals surface area contributed by atoms with E-state index in [1.165, 1.54) is 4.90 Å². The molecule has 0 spiro atoms. The Morgan fingerprint density at radius 3 is 2.50 bits per heavy atom. The molecule has 6 amide bonds. The van der Waals surface area contributed by atoms with Gasteiger partial charge in [-0.05, 0) is 31.2 Å². The van der Waals surface area contributed by atoms with Crippen LogP contribution in [-0.2, 0) is 9.59 Å². The summed E-state index contributed by atoms with van der Waals surface area (Å²) in [5, 5.41) is 3.01. The van der Waals surface area contributed by atoms with E-state index in [1.54, 1.807) is 31.2 Å². The van der Waals surface area contributed by atoms with Gasteiger partial charge >= 0.3 is 12.1 Å². The first-order valence-electron chi connectivity index (χ1n) is 7.38. The van der Waals surface area contributed by atoms with Crippen molar-refractivity contribution in [3.8, 4) is 0 Å². The Morgan fingerprint density at radius 2 is 1.92 bits per heavy atom. The maximum Gasteiger partial charge on any atom is 0.332 e. The number of benzene rings is 1. The van der Waals surface area contributed by atoms with Crippen molar-refractivity contribution in [3.63, 3.8) is 0 Å². The molecule has 1 aromatic carbocycles. The number of nitrogens with zero attached hydrogens (tertiary/aromatic N) is 3. The van der Waals surface area contributed by atoms with Crippen LogP contribution in [0, 0.1) is 0 Å². The van der Waals surface area contributed by atoms with E-state index in [1.807, 2.05) is 0 Å². The SMILES string of the molecule is C[C@@H]1C(=O)N(CC(=O)N2CCNC2=O)C(=O)N1c1ccc(Cl)cc1. The summed E-state index contributed by atoms with van der Waals surface area (Å²) in [5.74, 6) is -1.07. The molecule has 2 saturated heterocycles. The van der Waals surface area contributed by atoms with Gasteiger partial charge in [-0.1, -0.05) is 11.6 Å². The monoisotopic (exact) mass is 350 g/mol. The average molecular weight is 351 g/mol. The molecule has 0 aliphatic carbocycles. The van der Waals surface area contributed by atoms with E-state index in [2.05, 4.69) is 5.32 Å². The lowest BCUT2D eigenvalue weighted by atomic mass is 10.2. The number of carbonyl (C=O) groups excluding carboxylic acids is 4. The molecule has 1 atom stereocenters. The average Bonchev–Trinajstić information content (AvgIpc) is 3.06. The van der Waals surface area contributed by atoms with E-state index in [9.17, 15) is 19.2 Å². The zero-order valence-corrected chi connectivity index (χ0v) is 13.6. The predicted octanol–water partition coefficient (Wildman–Crippen LogP) is 1.05. The van der Waals surface area contributed by atoms with Crippen LogP contribution in [0.3, 0.4) is 0 Å². The van der Waals surface area contributed by atoms with Crippen molar-refractivity contribution in [1.82, 2.24) is 15.1 Å². The first-order valence-corrected chi connectivity index (χ1v) is 7.76. The molecule has 2 aliphatic rings. The van der Waals surface area contributed by atoms with Crippen molar-refractivity contribution in [2.75, 3.05) is 24.5 Å². The van der Waals surface area contributed by atoms with E-state index >= 15 is 0 Å². The van der Waals surface area contributed by atoms with Gasteiger partial charge in [0.1, 0.15) is 12.6 Å². The molecule has 0 unspecified atom stereocenters. The van der Waals surface area contributed by atoms with Gasteiger partial charge in [0.2, 0.25) is 0 Å². The summed E-state index contributed by atoms with van der Waals surface area (Å²) in [6, 6.07) is 4.64. The zero-order valence-electron chi connectivity index (χ0n) is 12.9. The zero-order chi connectivity index (χ0) is 17.4. The van der Waals surface area contributed by atoms with Crippen molar-refractivity contribution in [3.05, 3.63) is 29.3 Å². The van der Waals surface area contributed by atoms with Gasteiger partial charge in [0.05, 0.1) is 0 Å². The van der Waals surface area contributed by atoms with Crippen LogP contribution >= 0.6 is 11.6 Å². The largest absolute Gasteiger partial charge is 0.336 e. The maximum absolute atomic E-state index is 12.6. The third-order valence-electron chi connectivity index (χ3n) is 4.00. The standard InChI is InChI=1S/C15H15ClN4O4/c1-9-13(22)19(8-12(21)18-7-6-17-14(18)23)15(24)20(9)11-4-2-10(16)3-5-11/h2-5,9H,6-8H2,1H3,(H,17,23)/t9-/m1/s1. The maximum atomic E-state index is 12.6. The molecule has 1 aromatic rings. The molecule has 2 aliphatic heterocycles. The van der Waals surface area contributed by atoms with E-state index in [0.29, 0.717) is 17.3 Å². The number of halogens is 1. The van der Waals surface area contributed by atoms with Crippen molar-refractivity contribution in [2.24, 2.45) is 0 Å². The number of imide groups is 2. The molecule has 0 bridgehead atoms. The van der Waals surface area contributed by atoms with Gasteiger partial charge in [-0.25, -0.2) is 9.59 Å². The van der Waals surface area contributed by atoms with Gasteiger partial charge in [0.15, 0.2) is 0 Å². The molecule has 1 N–H and O–H groups in total. The number of urea groups is 2. The van der Waals surface area contributed by atoms with Crippen LogP contribution in [0.2, 0.25) is 5.02 Å². The highest BCUT2D eigenvalue weighted by molar-refractivity contribution is 6.30. The van der Waals surface area contributed by atoms with Gasteiger partial charge in [0.25, 0.3) is 11.8 Å². The van der Waals surface area contributed by atoms with Crippen molar-refractivity contribution in [2.45, 2.75) is 13.0 Å². The second-order valence-electron chi connectivity index (χ2n) is 5.51. The summed E-state index contributed by atoms with van der Waals surface area (Å²) in [5.41, 5.74) is 0.513. The molecule has 24 heavy (non-hydrogen) atoms. The summed E-state index contributed by atoms with van der Waals surface area (Å²) in [4.78, 5) is 51.8. The van der Waals surface area contributed by atoms with Crippen LogP contribution in [0.1, 0.15) is 6.92 Å². The second-order valence-corrected chi connectivity index (χ2v) is 5.94. The number of hydrogen-bond acceptors (Lipinski definition) is 4. The Labute approximate surface area is 142 Å². The predicted molar refractivity (Wildman–Crippen MR) is 85.6 cm³/mol. The Bertz CT molecular complexity index is 721. The highest BCUT2D eigenvalue weighted by Crippen LogP contribution is 2.27. The smallest absolute Gasteiger partial charge is 0.332 e. The van der Waals surface area contributed by atoms with Crippen LogP contribution in [0.4, 0.5) is 15.3 Å². The summed E-state index contributed by atoms with van der Waals surface area (Å²) in [7, 11) is 0. The molecular formula is C15H15ClN4O4. The van der Waals surface area contributed by atoms with Crippen molar-refractivity contribution >= 4 is 41.2 Å². The number of rotatable bonds is 3. The minimum atomic E-state index is -0.737. The lowest BCUT2D eigenvalue weighted by Crippen LogP contribution is -2.44. The van der Waals surface area contributed by atoms with Crippen LogP contribution in [0.5, 0.6) is 0 Å². The second kappa shape index (κ2) is 6.12. The van der Waals surface area contributed by atoms with E-state index in [0.717, 1.165) is 9.80 Å². The molecular weight excluding hydrogens is 336 g/mol. The van der Waals surface area contributed by atoms with Gasteiger partial charge in [-0.15, -0.1) is 0 Å². The topological polar surface area (TPSA) is 90.0 Å². The number of carbonyl (C=O) groups is 4. The van der Waals surface area contributed by atoms with Crippen LogP contribution < -0.4 is 10.2 Å². The summed E-state index contributed by atoms with van der Waals surface area (Å²) in [6.07, 6.45) is 0. The highest BCUT2D eigenvalue weighted by atomic mass is 35.5. The van der Waals surface area contributed by atoms with Crippen LogP contribution in [0.15, 0.2) is 24.3 Å². The summed E-state index contributed by atoms with van der Waals surface area (Å²) < 4.78 is 0. The number of amides is 6. The molecule has 8 nitrogen and oxygen atoms in total. The normalized spacial score (nSPS) is 20.8. The van der Waals surface area contributed by atoms with Crippen molar-refractivity contribution < 1.29 is 19.2 Å². The molecule has 3 rings (SSSR count). The van der Waals surface area contributed by atoms with Gasteiger partial charge < -0.3 is 5.32 Å². The quantitative estimate of drug-likeness (QED) is 0.825. The Morgan fingerprint density at radius 1 is 1.25 bits per heavy atom. The number of hydrogen-bond donors (Lipinski definition) is 1. The minimum Gasteiger partial charge on any atom is -0.336 e. The molecule has 9 heteroatoms. The fraction of sp³-hybridized carbons (Fsp3) is 0.333. The molecule has 126 valence electrons. The summed E-state index contributed by atoms with van der Waals surface area (Å²) >= 11 is 5.83. The third kappa shape index (κ3) is 2.69. The summed E-state index contributed by atoms with van der Waals surface area (Å²) in [6.45, 7) is 1.71. The highest BCUT2D eigenvalue weighted by Gasteiger charge is 2.45. The Kier molecular flexibility index (Phi) is 4.15. The first-order chi connectivity index (χ1) is 11.4. The Hall–Kier alpha value is -2.61. The fourth-order valence-electron chi connectivity index (χ4n) is 2.74. The van der Waals surface area contributed by atoms with Gasteiger partial charge in [-0.2, -0.15) is 0 Å². The lowest BCUT2D eigenvalue weighted by molar-refractivity contribution is -0.135. The fourth-order valence-corrected chi connectivity index (χ4v) is 2.86. The third-order valence-corrected chi connectivity index (χ3v) is 4.26. The number of anilines is 1. The number of nitrogens with one attached hydrogen (secondary N) is 1. The lowest BCUT2D eigenvalue weighted by Gasteiger charge is -2.20. The molecule has 0 saturated carbocycles. The van der Waals surface area contributed by atoms with Crippen LogP contribution in [0.25, 0.3) is 0 Å². The molecule has 2 heterocycles. The minimum absolute atomic E-state index is 0.227. The van der Waals surface area contributed by atoms with Crippen LogP contribution in [-0.4, -0.2) is 59.4 Å². The molecule has 0 aromatic heterocycles. The van der Waals surface area contributed by atoms with E-state index < -0.39 is 36.5 Å². The van der Waals surface area contributed by atoms with E-state index in [4.69, 9.17) is 11.6 Å². The van der Waals surface area contributed by atoms with E-state index in [-0.39, 0.29) is 6.54 Å². The Balaban J connectivity index is 1.79. The van der Waals surface area contributed by atoms with Gasteiger partial charge in [0, 0.05) is 23.8 Å². The molecule has 2 fully saturated rings.